The second kappa shape index (κ2) is 16.1. The number of carbonyl (C=O) groups is 1. The molecule has 0 N–H and O–H groups in total. The highest BCUT2D eigenvalue weighted by Gasteiger charge is 2.14. The van der Waals surface area contributed by atoms with Gasteiger partial charge in [0.25, 0.3) is 0 Å². The van der Waals surface area contributed by atoms with Gasteiger partial charge in [-0.15, -0.1) is 0 Å². The van der Waals surface area contributed by atoms with Crippen molar-refractivity contribution in [2.75, 3.05) is 6.61 Å². The van der Waals surface area contributed by atoms with E-state index in [2.05, 4.69) is 20.4 Å². The molecular weight excluding hydrogens is 284 g/mol. The van der Waals surface area contributed by atoms with Gasteiger partial charge < -0.3 is 4.74 Å². The van der Waals surface area contributed by atoms with E-state index in [-0.39, 0.29) is 5.97 Å². The smallest absolute Gasteiger partial charge is 0.333 e. The molecule has 0 saturated carbocycles. The van der Waals surface area contributed by atoms with E-state index in [1.807, 2.05) is 6.92 Å². The molecule has 0 spiro atoms. The summed E-state index contributed by atoms with van der Waals surface area (Å²) in [4.78, 5) is 11.6. The molecule has 0 unspecified atom stereocenters. The van der Waals surface area contributed by atoms with Crippen LogP contribution in [0.15, 0.2) is 12.2 Å². The number of esters is 1. The van der Waals surface area contributed by atoms with Crippen molar-refractivity contribution < 1.29 is 9.53 Å². The molecular formula is C21H40O2. The minimum atomic E-state index is -0.214. The van der Waals surface area contributed by atoms with Crippen molar-refractivity contribution in [3.8, 4) is 0 Å². The highest BCUT2D eigenvalue weighted by Crippen LogP contribution is 2.22. The van der Waals surface area contributed by atoms with E-state index in [1.165, 1.54) is 70.6 Å². The fraction of sp³-hybridized carbons (Fsp3) is 0.857. The molecule has 0 bridgehead atoms. The van der Waals surface area contributed by atoms with Crippen molar-refractivity contribution in [1.29, 1.82) is 0 Å². The van der Waals surface area contributed by atoms with Gasteiger partial charge in [-0.3, -0.25) is 0 Å². The van der Waals surface area contributed by atoms with Crippen molar-refractivity contribution in [1.82, 2.24) is 0 Å². The maximum absolute atomic E-state index is 11.6. The van der Waals surface area contributed by atoms with Crippen LogP contribution in [0.1, 0.15) is 104 Å². The first kappa shape index (κ1) is 22.2. The molecule has 0 amide bonds. The van der Waals surface area contributed by atoms with Crippen LogP contribution < -0.4 is 0 Å². The van der Waals surface area contributed by atoms with Gasteiger partial charge in [-0.25, -0.2) is 4.79 Å². The van der Waals surface area contributed by atoms with E-state index in [4.69, 9.17) is 4.74 Å². The monoisotopic (exact) mass is 324 g/mol. The molecule has 0 heterocycles. The molecule has 0 aromatic heterocycles. The lowest BCUT2D eigenvalue weighted by Crippen LogP contribution is -2.11. The van der Waals surface area contributed by atoms with E-state index in [1.54, 1.807) is 0 Å². The average molecular weight is 325 g/mol. The first-order chi connectivity index (χ1) is 11.2. The van der Waals surface area contributed by atoms with Crippen LogP contribution in [0, 0.1) is 5.92 Å². The molecule has 0 aliphatic rings. The Morgan fingerprint density at radius 3 is 1.87 bits per heavy atom. The highest BCUT2D eigenvalue weighted by molar-refractivity contribution is 5.87. The van der Waals surface area contributed by atoms with E-state index in [0.29, 0.717) is 18.1 Å². The molecule has 0 aromatic rings. The van der Waals surface area contributed by atoms with Crippen molar-refractivity contribution in [3.63, 3.8) is 0 Å². The predicted octanol–water partition coefficient (Wildman–Crippen LogP) is 6.83. The van der Waals surface area contributed by atoms with Crippen LogP contribution in [0.3, 0.4) is 0 Å². The van der Waals surface area contributed by atoms with Crippen molar-refractivity contribution in [3.05, 3.63) is 12.2 Å². The Hall–Kier alpha value is -0.790. The molecule has 0 fully saturated rings. The molecule has 1 atom stereocenters. The number of carbonyl (C=O) groups excluding carboxylic acids is 1. The van der Waals surface area contributed by atoms with E-state index in [9.17, 15) is 4.79 Å². The summed E-state index contributed by atoms with van der Waals surface area (Å²) in [6, 6.07) is 0. The molecule has 2 heteroatoms. The molecule has 0 saturated heterocycles. The number of hydrogen-bond acceptors (Lipinski definition) is 2. The Balaban J connectivity index is 3.57. The summed E-state index contributed by atoms with van der Waals surface area (Å²) in [7, 11) is 0. The van der Waals surface area contributed by atoms with Crippen molar-refractivity contribution in [2.24, 2.45) is 5.92 Å². The second-order valence-electron chi connectivity index (χ2n) is 6.77. The summed E-state index contributed by atoms with van der Waals surface area (Å²) in [5.74, 6) is 0.370. The minimum absolute atomic E-state index is 0.214. The number of hydrogen-bond donors (Lipinski definition) is 0. The van der Waals surface area contributed by atoms with Crippen LogP contribution in [0.5, 0.6) is 0 Å². The van der Waals surface area contributed by atoms with Crippen molar-refractivity contribution in [2.45, 2.75) is 104 Å². The fourth-order valence-corrected chi connectivity index (χ4v) is 3.04. The lowest BCUT2D eigenvalue weighted by atomic mass is 9.91. The summed E-state index contributed by atoms with van der Waals surface area (Å²) in [6.45, 7) is 10.6. The molecule has 0 rings (SSSR count). The van der Waals surface area contributed by atoms with Crippen LogP contribution in [0.2, 0.25) is 0 Å². The van der Waals surface area contributed by atoms with E-state index in [0.717, 1.165) is 12.8 Å². The highest BCUT2D eigenvalue weighted by atomic mass is 16.5. The molecule has 0 aromatic carbocycles. The predicted molar refractivity (Wildman–Crippen MR) is 101 cm³/mol. The van der Waals surface area contributed by atoms with Gasteiger partial charge in [-0.1, -0.05) is 97.5 Å². The maximum Gasteiger partial charge on any atom is 0.333 e. The zero-order valence-corrected chi connectivity index (χ0v) is 16.0. The summed E-state index contributed by atoms with van der Waals surface area (Å²) in [6.07, 6.45) is 16.9. The van der Waals surface area contributed by atoms with Gasteiger partial charge >= 0.3 is 5.97 Å². The zero-order valence-electron chi connectivity index (χ0n) is 16.0. The number of rotatable bonds is 16. The third kappa shape index (κ3) is 13.4. The summed E-state index contributed by atoms with van der Waals surface area (Å²) in [5.41, 5.74) is 0.644. The Morgan fingerprint density at radius 1 is 0.870 bits per heavy atom. The number of unbranched alkanes of at least 4 members (excludes halogenated alkanes) is 9. The van der Waals surface area contributed by atoms with Gasteiger partial charge in [0, 0.05) is 5.57 Å². The quantitative estimate of drug-likeness (QED) is 0.177. The standard InChI is InChI=1S/C21H40O2/c1-5-8-9-10-11-12-13-14-15-16-17-20(6-2)18-19(4)21(22)23-7-3/h20H,4-18H2,1-3H3/t20-/m1/s1. The SMILES string of the molecule is C=C(C[C@H](CC)CCCCCCCCCCCC)C(=O)OCC. The van der Waals surface area contributed by atoms with Crippen LogP contribution in [0.25, 0.3) is 0 Å². The van der Waals surface area contributed by atoms with Gasteiger partial charge in [0.1, 0.15) is 0 Å². The van der Waals surface area contributed by atoms with Crippen molar-refractivity contribution >= 4 is 5.97 Å². The Bertz CT molecular complexity index is 296. The Kier molecular flexibility index (Phi) is 15.5. The average Bonchev–Trinajstić information content (AvgIpc) is 2.55. The first-order valence-corrected chi connectivity index (χ1v) is 10.0. The molecule has 136 valence electrons. The van der Waals surface area contributed by atoms with Gasteiger partial charge in [0.05, 0.1) is 6.61 Å². The van der Waals surface area contributed by atoms with Crippen LogP contribution in [0.4, 0.5) is 0 Å². The maximum atomic E-state index is 11.6. The molecule has 2 nitrogen and oxygen atoms in total. The largest absolute Gasteiger partial charge is 0.463 e. The van der Waals surface area contributed by atoms with E-state index >= 15 is 0 Å². The van der Waals surface area contributed by atoms with Crippen LogP contribution in [-0.4, -0.2) is 12.6 Å². The summed E-state index contributed by atoms with van der Waals surface area (Å²) >= 11 is 0. The second-order valence-corrected chi connectivity index (χ2v) is 6.77. The first-order valence-electron chi connectivity index (χ1n) is 10.0. The topological polar surface area (TPSA) is 26.3 Å². The lowest BCUT2D eigenvalue weighted by molar-refractivity contribution is -0.138. The molecule has 0 radical (unpaired) electrons. The zero-order chi connectivity index (χ0) is 17.3. The van der Waals surface area contributed by atoms with Gasteiger partial charge in [0.15, 0.2) is 0 Å². The lowest BCUT2D eigenvalue weighted by Gasteiger charge is -2.15. The Labute approximate surface area is 145 Å². The number of ether oxygens (including phenoxy) is 1. The van der Waals surface area contributed by atoms with Crippen LogP contribution >= 0.6 is 0 Å². The minimum Gasteiger partial charge on any atom is -0.463 e. The molecule has 0 aliphatic heterocycles. The van der Waals surface area contributed by atoms with E-state index < -0.39 is 0 Å². The summed E-state index contributed by atoms with van der Waals surface area (Å²) in [5, 5.41) is 0. The molecule has 23 heavy (non-hydrogen) atoms. The van der Waals surface area contributed by atoms with Gasteiger partial charge in [0.2, 0.25) is 0 Å². The van der Waals surface area contributed by atoms with Gasteiger partial charge in [-0.2, -0.15) is 0 Å². The Morgan fingerprint density at radius 2 is 1.39 bits per heavy atom. The third-order valence-electron chi connectivity index (χ3n) is 4.64. The third-order valence-corrected chi connectivity index (χ3v) is 4.64. The molecule has 0 aliphatic carbocycles. The fourth-order valence-electron chi connectivity index (χ4n) is 3.04. The normalized spacial score (nSPS) is 12.1. The van der Waals surface area contributed by atoms with Crippen LogP contribution in [-0.2, 0) is 9.53 Å². The van der Waals surface area contributed by atoms with Gasteiger partial charge in [-0.05, 0) is 19.3 Å². The summed E-state index contributed by atoms with van der Waals surface area (Å²) < 4.78 is 5.02.